The molecule has 1 unspecified atom stereocenters. The van der Waals surface area contributed by atoms with E-state index in [9.17, 15) is 8.42 Å². The Morgan fingerprint density at radius 2 is 1.61 bits per heavy atom. The summed E-state index contributed by atoms with van der Waals surface area (Å²) in [5.74, 6) is 0. The minimum atomic E-state index is -3.49. The average Bonchev–Trinajstić information content (AvgIpc) is 2.71. The highest BCUT2D eigenvalue weighted by molar-refractivity contribution is 7.89. The lowest BCUT2D eigenvalue weighted by Gasteiger charge is -2.45. The molecule has 7 heteroatoms. The lowest BCUT2D eigenvalue weighted by Crippen LogP contribution is -2.58. The van der Waals surface area contributed by atoms with Gasteiger partial charge in [-0.15, -0.1) is 0 Å². The molecule has 0 saturated carbocycles. The molecule has 0 spiro atoms. The average molecular weight is 469 g/mol. The van der Waals surface area contributed by atoms with Crippen molar-refractivity contribution in [1.82, 2.24) is 9.62 Å². The predicted molar refractivity (Wildman–Crippen MR) is 133 cm³/mol. The van der Waals surface area contributed by atoms with Gasteiger partial charge in [0.2, 0.25) is 10.0 Å². The molecule has 1 aliphatic rings. The van der Waals surface area contributed by atoms with Crippen LogP contribution >= 0.6 is 0 Å². The summed E-state index contributed by atoms with van der Waals surface area (Å²) < 4.78 is 35.0. The number of benzene rings is 1. The first-order chi connectivity index (χ1) is 14.4. The largest absolute Gasteiger partial charge is 0.416 e. The van der Waals surface area contributed by atoms with E-state index in [2.05, 4.69) is 46.9 Å². The van der Waals surface area contributed by atoms with Crippen molar-refractivity contribution in [2.75, 3.05) is 26.7 Å². The maximum absolute atomic E-state index is 13.3. The summed E-state index contributed by atoms with van der Waals surface area (Å²) in [5.41, 5.74) is 2.45. The quantitative estimate of drug-likeness (QED) is 0.472. The van der Waals surface area contributed by atoms with E-state index in [1.165, 1.54) is 0 Å². The van der Waals surface area contributed by atoms with Crippen LogP contribution in [-0.4, -0.2) is 53.3 Å². The third-order valence-corrected chi connectivity index (χ3v) is 15.3. The SMILES string of the molecule is CNC1(CCO[Si](C(C)C)(C(C)C)C(C)C)CCCN(S(=O)(=O)c2ccc(C)cc2)C1. The van der Waals surface area contributed by atoms with E-state index in [1.807, 2.05) is 26.1 Å². The van der Waals surface area contributed by atoms with E-state index in [0.717, 1.165) is 24.8 Å². The fourth-order valence-electron chi connectivity index (χ4n) is 5.61. The summed E-state index contributed by atoms with van der Waals surface area (Å²) >= 11 is 0. The lowest BCUT2D eigenvalue weighted by molar-refractivity contribution is 0.147. The fraction of sp³-hybridized carbons (Fsp3) is 0.750. The van der Waals surface area contributed by atoms with E-state index in [-0.39, 0.29) is 5.54 Å². The van der Waals surface area contributed by atoms with Crippen LogP contribution in [0.4, 0.5) is 0 Å². The normalized spacial score (nSPS) is 21.4. The summed E-state index contributed by atoms with van der Waals surface area (Å²) in [6.07, 6.45) is 2.64. The van der Waals surface area contributed by atoms with Crippen molar-refractivity contribution in [3.05, 3.63) is 29.8 Å². The van der Waals surface area contributed by atoms with Crippen molar-refractivity contribution in [2.45, 2.75) is 94.8 Å². The van der Waals surface area contributed by atoms with Crippen LogP contribution in [0.15, 0.2) is 29.2 Å². The van der Waals surface area contributed by atoms with Crippen LogP contribution in [0, 0.1) is 6.92 Å². The van der Waals surface area contributed by atoms with Crippen molar-refractivity contribution in [3.8, 4) is 0 Å². The standard InChI is InChI=1S/C24H44N2O3SSi/c1-19(2)31(20(3)4,21(5)6)29-17-15-24(25-8)14-9-16-26(18-24)30(27,28)23-12-10-22(7)11-13-23/h10-13,19-21,25H,9,14-18H2,1-8H3. The van der Waals surface area contributed by atoms with E-state index in [4.69, 9.17) is 4.43 Å². The Kier molecular flexibility index (Phi) is 8.95. The molecule has 1 saturated heterocycles. The van der Waals surface area contributed by atoms with Crippen LogP contribution in [0.5, 0.6) is 0 Å². The highest BCUT2D eigenvalue weighted by Crippen LogP contribution is 2.42. The Bertz CT molecular complexity index is 787. The molecule has 0 amide bonds. The summed E-state index contributed by atoms with van der Waals surface area (Å²) in [6.45, 7) is 17.5. The highest BCUT2D eigenvalue weighted by Gasteiger charge is 2.46. The van der Waals surface area contributed by atoms with Gasteiger partial charge in [-0.25, -0.2) is 8.42 Å². The molecule has 1 aromatic carbocycles. The van der Waals surface area contributed by atoms with Gasteiger partial charge in [0.25, 0.3) is 0 Å². The highest BCUT2D eigenvalue weighted by atomic mass is 32.2. The molecule has 2 rings (SSSR count). The molecule has 1 aliphatic heterocycles. The summed E-state index contributed by atoms with van der Waals surface area (Å²) in [4.78, 5) is 0.382. The van der Waals surface area contributed by atoms with Gasteiger partial charge in [0.15, 0.2) is 8.32 Å². The number of hydrogen-bond acceptors (Lipinski definition) is 4. The first-order valence-electron chi connectivity index (χ1n) is 11.8. The zero-order valence-corrected chi connectivity index (χ0v) is 22.7. The first-order valence-corrected chi connectivity index (χ1v) is 15.4. The molecular weight excluding hydrogens is 424 g/mol. The number of nitrogens with one attached hydrogen (secondary N) is 1. The molecule has 1 fully saturated rings. The Balaban J connectivity index is 2.17. The molecule has 1 heterocycles. The molecule has 5 nitrogen and oxygen atoms in total. The van der Waals surface area contributed by atoms with Gasteiger partial charge in [0.05, 0.1) is 4.90 Å². The van der Waals surface area contributed by atoms with E-state index >= 15 is 0 Å². The molecule has 1 aromatic rings. The van der Waals surface area contributed by atoms with Crippen molar-refractivity contribution in [1.29, 1.82) is 0 Å². The van der Waals surface area contributed by atoms with E-state index in [0.29, 0.717) is 41.2 Å². The van der Waals surface area contributed by atoms with Gasteiger partial charge in [0.1, 0.15) is 0 Å². The number of rotatable bonds is 10. The maximum Gasteiger partial charge on any atom is 0.243 e. The fourth-order valence-corrected chi connectivity index (χ4v) is 12.6. The van der Waals surface area contributed by atoms with Crippen LogP contribution in [0.3, 0.4) is 0 Å². The second-order valence-electron chi connectivity index (χ2n) is 10.2. The number of nitrogens with zero attached hydrogens (tertiary/aromatic N) is 1. The second kappa shape index (κ2) is 10.5. The summed E-state index contributed by atoms with van der Waals surface area (Å²) in [7, 11) is -3.46. The molecule has 1 N–H and O–H groups in total. The summed E-state index contributed by atoms with van der Waals surface area (Å²) in [6, 6.07) is 7.17. The monoisotopic (exact) mass is 468 g/mol. The van der Waals surface area contributed by atoms with Gasteiger partial charge in [-0.2, -0.15) is 4.31 Å². The van der Waals surface area contributed by atoms with Crippen LogP contribution in [-0.2, 0) is 14.4 Å². The van der Waals surface area contributed by atoms with Gasteiger partial charge >= 0.3 is 0 Å². The van der Waals surface area contributed by atoms with E-state index in [1.54, 1.807) is 16.4 Å². The Labute approximate surface area is 192 Å². The smallest absolute Gasteiger partial charge is 0.243 e. The van der Waals surface area contributed by atoms with Gasteiger partial charge in [-0.3, -0.25) is 0 Å². The van der Waals surface area contributed by atoms with Gasteiger partial charge < -0.3 is 9.74 Å². The number of aryl methyl sites for hydroxylation is 1. The number of sulfonamides is 1. The third kappa shape index (κ3) is 5.61. The molecule has 0 aromatic heterocycles. The van der Waals surface area contributed by atoms with Crippen molar-refractivity contribution < 1.29 is 12.8 Å². The molecule has 0 radical (unpaired) electrons. The van der Waals surface area contributed by atoms with Crippen LogP contribution < -0.4 is 5.32 Å². The number of piperidine rings is 1. The zero-order valence-electron chi connectivity index (χ0n) is 20.9. The van der Waals surface area contributed by atoms with Crippen LogP contribution in [0.1, 0.15) is 66.4 Å². The minimum absolute atomic E-state index is 0.249. The first kappa shape index (κ1) is 26.5. The Hall–Kier alpha value is -0.733. The second-order valence-corrected chi connectivity index (χ2v) is 17.6. The van der Waals surface area contributed by atoms with Gasteiger partial charge in [-0.05, 0) is 62.0 Å². The minimum Gasteiger partial charge on any atom is -0.416 e. The third-order valence-electron chi connectivity index (χ3n) is 7.37. The molecular formula is C24H44N2O3SSi. The Morgan fingerprint density at radius 1 is 1.06 bits per heavy atom. The van der Waals surface area contributed by atoms with Crippen molar-refractivity contribution in [3.63, 3.8) is 0 Å². The number of likely N-dealkylation sites (N-methyl/N-ethyl adjacent to an activating group) is 1. The van der Waals surface area contributed by atoms with Crippen LogP contribution in [0.2, 0.25) is 16.6 Å². The van der Waals surface area contributed by atoms with Gasteiger partial charge in [-0.1, -0.05) is 59.2 Å². The summed E-state index contributed by atoms with van der Waals surface area (Å²) in [5, 5.41) is 3.48. The van der Waals surface area contributed by atoms with Crippen LogP contribution in [0.25, 0.3) is 0 Å². The Morgan fingerprint density at radius 3 is 2.10 bits per heavy atom. The van der Waals surface area contributed by atoms with Crippen molar-refractivity contribution in [2.24, 2.45) is 0 Å². The van der Waals surface area contributed by atoms with E-state index < -0.39 is 18.3 Å². The predicted octanol–water partition coefficient (Wildman–Crippen LogP) is 5.32. The maximum atomic E-state index is 13.3. The number of hydrogen-bond donors (Lipinski definition) is 1. The molecule has 31 heavy (non-hydrogen) atoms. The molecule has 0 aliphatic carbocycles. The lowest BCUT2D eigenvalue weighted by atomic mass is 9.87. The molecule has 0 bridgehead atoms. The molecule has 178 valence electrons. The van der Waals surface area contributed by atoms with Crippen molar-refractivity contribution >= 4 is 18.3 Å². The zero-order chi connectivity index (χ0) is 23.4. The molecule has 1 atom stereocenters. The topological polar surface area (TPSA) is 58.6 Å². The van der Waals surface area contributed by atoms with Gasteiger partial charge in [0, 0.05) is 25.2 Å².